The maximum Gasteiger partial charge on any atom is 0.119 e. The third-order valence-corrected chi connectivity index (χ3v) is 3.73. The lowest BCUT2D eigenvalue weighted by Crippen LogP contribution is -2.07. The first kappa shape index (κ1) is 14.0. The van der Waals surface area contributed by atoms with Gasteiger partial charge < -0.3 is 0 Å². The molecule has 16 heavy (non-hydrogen) atoms. The third-order valence-electron chi connectivity index (χ3n) is 3.10. The molecule has 0 radical (unpaired) electrons. The average molecular weight is 331 g/mol. The molecule has 0 spiro atoms. The summed E-state index contributed by atoms with van der Waals surface area (Å²) >= 11 is 2.50. The van der Waals surface area contributed by atoms with Crippen LogP contribution >= 0.6 is 22.6 Å². The second-order valence-corrected chi connectivity index (χ2v) is 7.19. The molecule has 0 N–H and O–H groups in total. The Morgan fingerprint density at radius 1 is 1.44 bits per heavy atom. The van der Waals surface area contributed by atoms with Crippen molar-refractivity contribution in [2.45, 2.75) is 50.4 Å². The Kier molecular flexibility index (Phi) is 5.77. The predicted octanol–water partition coefficient (Wildman–Crippen LogP) is 4.77. The molecule has 3 unspecified atom stereocenters. The maximum atomic E-state index is 4.09. The van der Waals surface area contributed by atoms with Crippen LogP contribution in [0.2, 0.25) is 0 Å². The summed E-state index contributed by atoms with van der Waals surface area (Å²) in [4.78, 5) is 4.09. The summed E-state index contributed by atoms with van der Waals surface area (Å²) in [6.45, 7) is 10.8. The first-order chi connectivity index (χ1) is 7.50. The SMILES string of the molecule is C=C(C)C(CC(C)CCCC(C)I)C1=C=N1. The lowest BCUT2D eigenvalue weighted by Gasteiger charge is -2.18. The summed E-state index contributed by atoms with van der Waals surface area (Å²) in [7, 11) is 0. The first-order valence-corrected chi connectivity index (χ1v) is 7.38. The molecule has 0 saturated heterocycles. The van der Waals surface area contributed by atoms with Gasteiger partial charge in [-0.25, -0.2) is 0 Å². The van der Waals surface area contributed by atoms with Crippen molar-refractivity contribution in [1.29, 1.82) is 0 Å². The largest absolute Gasteiger partial charge is 0.198 e. The number of rotatable bonds is 8. The lowest BCUT2D eigenvalue weighted by atomic mass is 9.87. The molecule has 0 aromatic carbocycles. The molecule has 0 aliphatic carbocycles. The minimum Gasteiger partial charge on any atom is -0.198 e. The topological polar surface area (TPSA) is 12.4 Å². The highest BCUT2D eigenvalue weighted by atomic mass is 127. The Bertz CT molecular complexity index is 309. The Morgan fingerprint density at radius 2 is 2.06 bits per heavy atom. The molecular weight excluding hydrogens is 309 g/mol. The number of hydrogen-bond donors (Lipinski definition) is 0. The second-order valence-electron chi connectivity index (χ2n) is 5.06. The van der Waals surface area contributed by atoms with Crippen molar-refractivity contribution in [3.8, 4) is 0 Å². The van der Waals surface area contributed by atoms with Gasteiger partial charge in [-0.2, -0.15) is 4.99 Å². The number of aliphatic imine (C=N–C) groups is 1. The van der Waals surface area contributed by atoms with E-state index >= 15 is 0 Å². The summed E-state index contributed by atoms with van der Waals surface area (Å²) in [6, 6.07) is 0. The summed E-state index contributed by atoms with van der Waals surface area (Å²) in [5.74, 6) is 4.21. The van der Waals surface area contributed by atoms with Gasteiger partial charge in [-0.1, -0.05) is 61.4 Å². The summed E-state index contributed by atoms with van der Waals surface area (Å²) < 4.78 is 0.802. The molecule has 3 atom stereocenters. The van der Waals surface area contributed by atoms with E-state index in [2.05, 4.69) is 60.8 Å². The van der Waals surface area contributed by atoms with Gasteiger partial charge in [0.05, 0.1) is 0 Å². The van der Waals surface area contributed by atoms with Gasteiger partial charge in [-0.3, -0.25) is 0 Å². The normalized spacial score (nSPS) is 18.9. The average Bonchev–Trinajstić information content (AvgIpc) is 2.96. The van der Waals surface area contributed by atoms with Crippen LogP contribution in [0.1, 0.15) is 46.5 Å². The molecular formula is C14H22IN. The molecule has 0 amide bonds. The smallest absolute Gasteiger partial charge is 0.119 e. The van der Waals surface area contributed by atoms with Gasteiger partial charge in [0.1, 0.15) is 5.70 Å². The van der Waals surface area contributed by atoms with E-state index in [1.165, 1.54) is 31.3 Å². The monoisotopic (exact) mass is 331 g/mol. The van der Waals surface area contributed by atoms with Crippen molar-refractivity contribution in [3.05, 3.63) is 17.8 Å². The van der Waals surface area contributed by atoms with Crippen LogP contribution in [0, 0.1) is 11.8 Å². The van der Waals surface area contributed by atoms with E-state index in [1.54, 1.807) is 0 Å². The van der Waals surface area contributed by atoms with Gasteiger partial charge in [0.15, 0.2) is 0 Å². The van der Waals surface area contributed by atoms with Crippen LogP contribution in [0.5, 0.6) is 0 Å². The van der Waals surface area contributed by atoms with Gasteiger partial charge in [0.2, 0.25) is 0 Å². The van der Waals surface area contributed by atoms with Crippen molar-refractivity contribution < 1.29 is 0 Å². The number of nitrogens with zero attached hydrogens (tertiary/aromatic N) is 1. The van der Waals surface area contributed by atoms with E-state index in [-0.39, 0.29) is 0 Å². The molecule has 0 bridgehead atoms. The Labute approximate surface area is 113 Å². The van der Waals surface area contributed by atoms with Crippen molar-refractivity contribution in [3.63, 3.8) is 0 Å². The second kappa shape index (κ2) is 6.61. The van der Waals surface area contributed by atoms with Crippen molar-refractivity contribution in [2.24, 2.45) is 16.8 Å². The van der Waals surface area contributed by atoms with Crippen molar-refractivity contribution in [2.75, 3.05) is 0 Å². The zero-order valence-electron chi connectivity index (χ0n) is 10.6. The third kappa shape index (κ3) is 5.31. The van der Waals surface area contributed by atoms with Crippen LogP contribution in [0.4, 0.5) is 0 Å². The van der Waals surface area contributed by atoms with Crippen LogP contribution in [0.15, 0.2) is 22.8 Å². The predicted molar refractivity (Wildman–Crippen MR) is 80.4 cm³/mol. The number of hydrogen-bond acceptors (Lipinski definition) is 1. The minimum atomic E-state index is 0.465. The molecule has 90 valence electrons. The summed E-state index contributed by atoms with van der Waals surface area (Å²) in [5, 5.41) is 0. The quantitative estimate of drug-likeness (QED) is 0.345. The molecule has 1 aliphatic heterocycles. The lowest BCUT2D eigenvalue weighted by molar-refractivity contribution is 0.425. The van der Waals surface area contributed by atoms with E-state index in [4.69, 9.17) is 0 Å². The summed E-state index contributed by atoms with van der Waals surface area (Å²) in [6.07, 6.45) is 5.19. The van der Waals surface area contributed by atoms with Crippen LogP contribution in [0.3, 0.4) is 0 Å². The minimum absolute atomic E-state index is 0.465. The Morgan fingerprint density at radius 3 is 2.50 bits per heavy atom. The van der Waals surface area contributed by atoms with E-state index in [9.17, 15) is 0 Å². The molecule has 1 rings (SSSR count). The standard InChI is InChI=1S/C14H22IN/c1-10(2)13(14-9-16-14)8-11(3)6-5-7-12(4)15/h11-13H,1,5-8H2,2-4H3. The van der Waals surface area contributed by atoms with E-state index in [0.717, 1.165) is 15.5 Å². The highest BCUT2D eigenvalue weighted by molar-refractivity contribution is 14.1. The van der Waals surface area contributed by atoms with Crippen molar-refractivity contribution >= 4 is 28.5 Å². The summed E-state index contributed by atoms with van der Waals surface area (Å²) in [5.41, 5.74) is 2.37. The Balaban J connectivity index is 2.23. The molecule has 1 nitrogen and oxygen atoms in total. The zero-order valence-corrected chi connectivity index (χ0v) is 12.8. The molecule has 1 aliphatic rings. The molecule has 0 fully saturated rings. The molecule has 2 heteroatoms. The first-order valence-electron chi connectivity index (χ1n) is 6.13. The van der Waals surface area contributed by atoms with E-state index in [0.29, 0.717) is 5.92 Å². The van der Waals surface area contributed by atoms with Gasteiger partial charge in [0.25, 0.3) is 0 Å². The highest BCUT2D eigenvalue weighted by Crippen LogP contribution is 2.31. The molecule has 1 heterocycles. The van der Waals surface area contributed by atoms with Gasteiger partial charge >= 0.3 is 0 Å². The van der Waals surface area contributed by atoms with Crippen molar-refractivity contribution in [1.82, 2.24) is 0 Å². The van der Waals surface area contributed by atoms with E-state index < -0.39 is 0 Å². The fourth-order valence-electron chi connectivity index (χ4n) is 2.00. The van der Waals surface area contributed by atoms with Crippen LogP contribution in [-0.4, -0.2) is 9.79 Å². The number of alkyl halides is 1. The van der Waals surface area contributed by atoms with Crippen LogP contribution in [-0.2, 0) is 0 Å². The fraction of sp³-hybridized carbons (Fsp3) is 0.714. The molecule has 0 aromatic heterocycles. The van der Waals surface area contributed by atoms with Gasteiger partial charge in [-0.05, 0) is 25.7 Å². The van der Waals surface area contributed by atoms with E-state index in [1.807, 2.05) is 0 Å². The van der Waals surface area contributed by atoms with Gasteiger partial charge in [0, 0.05) is 15.7 Å². The zero-order chi connectivity index (χ0) is 12.1. The number of halogens is 1. The Hall–Kier alpha value is -0.0800. The highest BCUT2D eigenvalue weighted by Gasteiger charge is 2.22. The molecule has 0 saturated carbocycles. The maximum absolute atomic E-state index is 4.09. The van der Waals surface area contributed by atoms with Crippen LogP contribution < -0.4 is 0 Å². The van der Waals surface area contributed by atoms with Gasteiger partial charge in [-0.15, -0.1) is 0 Å². The van der Waals surface area contributed by atoms with Crippen LogP contribution in [0.25, 0.3) is 0 Å². The number of allylic oxidation sites excluding steroid dienone is 1. The molecule has 0 aromatic rings. The fourth-order valence-corrected chi connectivity index (χ4v) is 2.44.